The van der Waals surface area contributed by atoms with E-state index in [1.54, 1.807) is 0 Å². The molecule has 0 aliphatic rings. The minimum atomic E-state index is 0.319. The molecule has 5 heteroatoms. The Morgan fingerprint density at radius 1 is 1.70 bits per heavy atom. The maximum atomic E-state index is 5.60. The van der Waals surface area contributed by atoms with Crippen molar-refractivity contribution in [3.63, 3.8) is 0 Å². The lowest BCUT2D eigenvalue weighted by molar-refractivity contribution is 0.981. The summed E-state index contributed by atoms with van der Waals surface area (Å²) in [5, 5.41) is 0.957. The second kappa shape index (κ2) is 3.26. The van der Waals surface area contributed by atoms with Crippen molar-refractivity contribution in [2.24, 2.45) is 0 Å². The van der Waals surface area contributed by atoms with Crippen LogP contribution in [0.5, 0.6) is 0 Å². The molecule has 0 amide bonds. The van der Waals surface area contributed by atoms with E-state index in [1.165, 1.54) is 18.0 Å². The van der Waals surface area contributed by atoms with Gasteiger partial charge >= 0.3 is 0 Å². The average molecular weight is 170 g/mol. The highest BCUT2D eigenvalue weighted by Gasteiger charge is 1.97. The van der Waals surface area contributed by atoms with E-state index in [1.807, 2.05) is 6.26 Å². The highest BCUT2D eigenvalue weighted by Crippen LogP contribution is 2.08. The Balaban J connectivity index is 3.04. The summed E-state index contributed by atoms with van der Waals surface area (Å²) >= 11 is 7.03. The first kappa shape index (κ1) is 7.89. The van der Waals surface area contributed by atoms with Gasteiger partial charge in [-0.05, 0) is 11.7 Å². The molecule has 0 bridgehead atoms. The van der Waals surface area contributed by atoms with Crippen LogP contribution in [-0.4, -0.2) is 24.1 Å². The monoisotopic (exact) mass is 170 g/mol. The van der Waals surface area contributed by atoms with E-state index in [2.05, 4.69) is 9.97 Å². The number of hydrogen-bond donors (Lipinski definition) is 0. The summed E-state index contributed by atoms with van der Waals surface area (Å²) in [6, 6.07) is 0. The maximum absolute atomic E-state index is 5.60. The van der Waals surface area contributed by atoms with Crippen molar-refractivity contribution in [3.8, 4) is 0 Å². The molecule has 0 aliphatic carbocycles. The lowest BCUT2D eigenvalue weighted by atomic mass is 10.0. The van der Waals surface area contributed by atoms with Gasteiger partial charge in [0.1, 0.15) is 13.0 Å². The van der Waals surface area contributed by atoms with Gasteiger partial charge in [-0.15, -0.1) is 0 Å². The Hall–Kier alpha value is -0.215. The predicted molar refractivity (Wildman–Crippen MR) is 44.2 cm³/mol. The molecule has 1 rings (SSSR count). The number of thioether (sulfide) groups is 1. The van der Waals surface area contributed by atoms with Gasteiger partial charge in [0.15, 0.2) is 5.16 Å². The molecule has 0 atom stereocenters. The second-order valence-corrected chi connectivity index (χ2v) is 2.73. The molecule has 0 spiro atoms. The molecule has 0 N–H and O–H groups in total. The molecule has 1 heterocycles. The first-order chi connectivity index (χ1) is 4.74. The van der Waals surface area contributed by atoms with Crippen molar-refractivity contribution in [1.29, 1.82) is 0 Å². The Morgan fingerprint density at radius 2 is 2.40 bits per heavy atom. The number of nitrogens with zero attached hydrogens (tertiary/aromatic N) is 2. The quantitative estimate of drug-likeness (QED) is 0.268. The van der Waals surface area contributed by atoms with Crippen LogP contribution in [0.2, 0.25) is 5.15 Å². The molecule has 0 saturated carbocycles. The molecule has 1 aromatic heterocycles. The molecule has 1 aromatic rings. The molecule has 0 unspecified atom stereocenters. The van der Waals surface area contributed by atoms with E-state index >= 15 is 0 Å². The SMILES string of the molecule is [B]c1cnc(SC)nc1Cl. The van der Waals surface area contributed by atoms with Crippen LogP contribution in [0.15, 0.2) is 11.4 Å². The summed E-state index contributed by atoms with van der Waals surface area (Å²) in [5.74, 6) is 0. The van der Waals surface area contributed by atoms with Gasteiger partial charge in [-0.2, -0.15) is 0 Å². The van der Waals surface area contributed by atoms with Crippen molar-refractivity contribution < 1.29 is 0 Å². The van der Waals surface area contributed by atoms with Gasteiger partial charge in [-0.3, -0.25) is 0 Å². The fourth-order valence-corrected chi connectivity index (χ4v) is 0.973. The summed E-state index contributed by atoms with van der Waals surface area (Å²) in [7, 11) is 5.38. The van der Waals surface area contributed by atoms with Gasteiger partial charge in [-0.1, -0.05) is 23.4 Å². The van der Waals surface area contributed by atoms with E-state index in [0.717, 1.165) is 0 Å². The molecule has 0 fully saturated rings. The van der Waals surface area contributed by atoms with Crippen LogP contribution < -0.4 is 5.46 Å². The first-order valence-corrected chi connectivity index (χ1v) is 4.16. The lowest BCUT2D eigenvalue weighted by Crippen LogP contribution is -2.07. The van der Waals surface area contributed by atoms with Gasteiger partial charge < -0.3 is 0 Å². The predicted octanol–water partition coefficient (Wildman–Crippen LogP) is 0.646. The van der Waals surface area contributed by atoms with Crippen LogP contribution in [0.3, 0.4) is 0 Å². The minimum absolute atomic E-state index is 0.319. The van der Waals surface area contributed by atoms with E-state index in [0.29, 0.717) is 15.8 Å². The van der Waals surface area contributed by atoms with Crippen molar-refractivity contribution in [1.82, 2.24) is 9.97 Å². The fraction of sp³-hybridized carbons (Fsp3) is 0.200. The van der Waals surface area contributed by atoms with E-state index in [4.69, 9.17) is 19.4 Å². The maximum Gasteiger partial charge on any atom is 0.188 e. The Kier molecular flexibility index (Phi) is 2.57. The van der Waals surface area contributed by atoms with Gasteiger partial charge in [0.2, 0.25) is 0 Å². The average Bonchev–Trinajstić information content (AvgIpc) is 1.95. The molecule has 2 radical (unpaired) electrons. The Bertz CT molecular complexity index is 243. The summed E-state index contributed by atoms with van der Waals surface area (Å²) in [5.41, 5.74) is 0.416. The molecule has 0 aromatic carbocycles. The zero-order valence-electron chi connectivity index (χ0n) is 5.34. The normalized spacial score (nSPS) is 9.80. The second-order valence-electron chi connectivity index (χ2n) is 1.60. The molecule has 50 valence electrons. The van der Waals surface area contributed by atoms with Crippen LogP contribution in [-0.2, 0) is 0 Å². The zero-order chi connectivity index (χ0) is 7.56. The third-order valence-corrected chi connectivity index (χ3v) is 1.79. The van der Waals surface area contributed by atoms with Crippen molar-refractivity contribution in [3.05, 3.63) is 11.3 Å². The van der Waals surface area contributed by atoms with E-state index in [9.17, 15) is 0 Å². The summed E-state index contributed by atoms with van der Waals surface area (Å²) < 4.78 is 0. The van der Waals surface area contributed by atoms with E-state index in [-0.39, 0.29) is 0 Å². The summed E-state index contributed by atoms with van der Waals surface area (Å²) in [6.45, 7) is 0. The zero-order valence-corrected chi connectivity index (χ0v) is 6.91. The van der Waals surface area contributed by atoms with Crippen molar-refractivity contribution in [2.45, 2.75) is 5.16 Å². The molecular weight excluding hydrogens is 166 g/mol. The standard InChI is InChI=1S/C5H4BClN2S/c1-10-5-8-2-3(6)4(7)9-5/h2H,1H3. The smallest absolute Gasteiger partial charge is 0.188 e. The third-order valence-electron chi connectivity index (χ3n) is 0.929. The van der Waals surface area contributed by atoms with Gasteiger partial charge in [0.05, 0.1) is 0 Å². The van der Waals surface area contributed by atoms with Gasteiger partial charge in [0, 0.05) is 6.20 Å². The molecular formula is C5H4BClN2S. The number of hydrogen-bond acceptors (Lipinski definition) is 3. The third kappa shape index (κ3) is 1.64. The van der Waals surface area contributed by atoms with Crippen LogP contribution in [0.4, 0.5) is 0 Å². The van der Waals surface area contributed by atoms with Crippen molar-refractivity contribution >= 4 is 36.7 Å². The summed E-state index contributed by atoms with van der Waals surface area (Å²) in [6.07, 6.45) is 3.38. The topological polar surface area (TPSA) is 25.8 Å². The number of aromatic nitrogens is 2. The van der Waals surface area contributed by atoms with Crippen LogP contribution >= 0.6 is 23.4 Å². The van der Waals surface area contributed by atoms with Gasteiger partial charge in [0.25, 0.3) is 0 Å². The van der Waals surface area contributed by atoms with Gasteiger partial charge in [-0.25, -0.2) is 9.97 Å². The Morgan fingerprint density at radius 3 is 2.90 bits per heavy atom. The Labute approximate surface area is 69.8 Å². The number of halogens is 1. The van der Waals surface area contributed by atoms with Crippen LogP contribution in [0.1, 0.15) is 0 Å². The first-order valence-electron chi connectivity index (χ1n) is 2.56. The van der Waals surface area contributed by atoms with E-state index < -0.39 is 0 Å². The fourth-order valence-electron chi connectivity index (χ4n) is 0.454. The van der Waals surface area contributed by atoms with Crippen LogP contribution in [0.25, 0.3) is 0 Å². The summed E-state index contributed by atoms with van der Waals surface area (Å²) in [4.78, 5) is 7.78. The highest BCUT2D eigenvalue weighted by molar-refractivity contribution is 7.98. The minimum Gasteiger partial charge on any atom is -0.232 e. The van der Waals surface area contributed by atoms with Crippen LogP contribution in [0, 0.1) is 0 Å². The highest BCUT2D eigenvalue weighted by atomic mass is 35.5. The lowest BCUT2D eigenvalue weighted by Gasteiger charge is -1.97. The molecule has 2 nitrogen and oxygen atoms in total. The molecule has 0 aliphatic heterocycles. The molecule has 0 saturated heterocycles. The number of rotatable bonds is 1. The van der Waals surface area contributed by atoms with Crippen molar-refractivity contribution in [2.75, 3.05) is 6.26 Å². The largest absolute Gasteiger partial charge is 0.232 e. The molecule has 10 heavy (non-hydrogen) atoms.